The molecule has 0 bridgehead atoms. The number of rotatable bonds is 7. The molecule has 0 amide bonds. The second-order valence-electron chi connectivity index (χ2n) is 3.76. The van der Waals surface area contributed by atoms with Crippen LogP contribution in [0, 0.1) is 11.5 Å². The third kappa shape index (κ3) is 5.12. The summed E-state index contributed by atoms with van der Waals surface area (Å²) in [5.74, 6) is 0.680. The maximum Gasteiger partial charge on any atom is 0.286 e. The van der Waals surface area contributed by atoms with E-state index in [9.17, 15) is 0 Å². The van der Waals surface area contributed by atoms with Gasteiger partial charge in [0.15, 0.2) is 5.76 Å². The van der Waals surface area contributed by atoms with Crippen molar-refractivity contribution >= 4 is 0 Å². The molecule has 1 heterocycles. The van der Waals surface area contributed by atoms with Crippen molar-refractivity contribution in [2.45, 2.75) is 32.3 Å². The molecule has 0 spiro atoms. The lowest BCUT2D eigenvalue weighted by molar-refractivity contribution is 0.0844. The monoisotopic (exact) mass is 235 g/mol. The fraction of sp³-hybridized carbons (Fsp3) is 0.462. The van der Waals surface area contributed by atoms with E-state index < -0.39 is 0 Å². The Bertz CT molecular complexity index is 352. The zero-order chi connectivity index (χ0) is 12.5. The first-order chi connectivity index (χ1) is 8.26. The zero-order valence-electron chi connectivity index (χ0n) is 10.0. The van der Waals surface area contributed by atoms with Crippen LogP contribution in [0.25, 0.3) is 0 Å². The van der Waals surface area contributed by atoms with E-state index in [1.54, 1.807) is 18.6 Å². The van der Waals surface area contributed by atoms with E-state index in [0.29, 0.717) is 12.2 Å². The Kier molecular flexibility index (Phi) is 5.73. The Balaban J connectivity index is 2.38. The van der Waals surface area contributed by atoms with Crippen molar-refractivity contribution in [1.82, 2.24) is 0 Å². The van der Waals surface area contributed by atoms with Crippen LogP contribution in [0.1, 0.15) is 26.2 Å². The molecule has 0 N–H and O–H groups in total. The van der Waals surface area contributed by atoms with Crippen molar-refractivity contribution in [1.29, 1.82) is 5.26 Å². The van der Waals surface area contributed by atoms with E-state index in [1.807, 2.05) is 6.08 Å². The summed E-state index contributed by atoms with van der Waals surface area (Å²) >= 11 is 0. The van der Waals surface area contributed by atoms with Gasteiger partial charge in [0.25, 0.3) is 6.26 Å². The number of nitrogens with zero attached hydrogens (tertiary/aromatic N) is 1. The third-order valence-electron chi connectivity index (χ3n) is 2.30. The van der Waals surface area contributed by atoms with Gasteiger partial charge in [-0.3, -0.25) is 0 Å². The molecule has 17 heavy (non-hydrogen) atoms. The molecule has 1 atom stereocenters. The van der Waals surface area contributed by atoms with E-state index >= 15 is 0 Å². The molecule has 1 aliphatic heterocycles. The quantitative estimate of drug-likeness (QED) is 0.503. The topological polar surface area (TPSA) is 51.5 Å². The van der Waals surface area contributed by atoms with E-state index in [-0.39, 0.29) is 12.9 Å². The first-order valence-electron chi connectivity index (χ1n) is 5.61. The van der Waals surface area contributed by atoms with Crippen LogP contribution < -0.4 is 0 Å². The first kappa shape index (κ1) is 13.2. The standard InChI is InChI=1S/C13H17NO3/c1-3-4-12(16-9-14)7-11(2)5-6-13-8-15-10-17-13/h5-6,8,12H,2-4,7,10H2,1H3/b6-5-. The SMILES string of the molecule is C=C(/C=C\C1=COCO1)CC(CCC)OC#N. The van der Waals surface area contributed by atoms with Crippen LogP contribution in [-0.2, 0) is 14.2 Å². The first-order valence-corrected chi connectivity index (χ1v) is 5.61. The maximum atomic E-state index is 8.51. The van der Waals surface area contributed by atoms with Gasteiger partial charge < -0.3 is 14.2 Å². The number of ether oxygens (including phenoxy) is 3. The molecule has 1 unspecified atom stereocenters. The van der Waals surface area contributed by atoms with E-state index in [0.717, 1.165) is 18.4 Å². The summed E-state index contributed by atoms with van der Waals surface area (Å²) in [6.07, 6.45) is 9.32. The van der Waals surface area contributed by atoms with Crippen LogP contribution in [0.3, 0.4) is 0 Å². The number of allylic oxidation sites excluding steroid dienone is 2. The molecule has 0 radical (unpaired) electrons. The summed E-state index contributed by atoms with van der Waals surface area (Å²) in [6, 6.07) is 0. The molecule has 92 valence electrons. The molecule has 4 nitrogen and oxygen atoms in total. The normalized spacial score (nSPS) is 15.6. The summed E-state index contributed by atoms with van der Waals surface area (Å²) in [5, 5.41) is 8.51. The van der Waals surface area contributed by atoms with Gasteiger partial charge in [0.05, 0.1) is 0 Å². The molecule has 1 rings (SSSR count). The highest BCUT2D eigenvalue weighted by atomic mass is 16.7. The minimum atomic E-state index is -0.0862. The lowest BCUT2D eigenvalue weighted by Gasteiger charge is -2.12. The average Bonchev–Trinajstić information content (AvgIpc) is 2.80. The van der Waals surface area contributed by atoms with Gasteiger partial charge in [0.2, 0.25) is 6.79 Å². The second-order valence-corrected chi connectivity index (χ2v) is 3.76. The average molecular weight is 235 g/mol. The van der Waals surface area contributed by atoms with Crippen molar-refractivity contribution in [2.75, 3.05) is 6.79 Å². The van der Waals surface area contributed by atoms with Crippen molar-refractivity contribution in [3.63, 3.8) is 0 Å². The predicted octanol–water partition coefficient (Wildman–Crippen LogP) is 3.00. The third-order valence-corrected chi connectivity index (χ3v) is 2.30. The van der Waals surface area contributed by atoms with Crippen LogP contribution in [0.2, 0.25) is 0 Å². The van der Waals surface area contributed by atoms with Gasteiger partial charge in [-0.1, -0.05) is 31.6 Å². The van der Waals surface area contributed by atoms with Crippen LogP contribution in [-0.4, -0.2) is 12.9 Å². The fourth-order valence-corrected chi connectivity index (χ4v) is 1.50. The molecule has 0 aliphatic carbocycles. The highest BCUT2D eigenvalue weighted by Gasteiger charge is 2.09. The van der Waals surface area contributed by atoms with Crippen LogP contribution in [0.5, 0.6) is 0 Å². The van der Waals surface area contributed by atoms with Gasteiger partial charge in [-0.15, -0.1) is 0 Å². The molecule has 0 fully saturated rings. The molecular formula is C13H17NO3. The van der Waals surface area contributed by atoms with Crippen molar-refractivity contribution in [3.8, 4) is 6.26 Å². The number of nitriles is 1. The molecule has 0 aromatic rings. The number of hydrogen-bond donors (Lipinski definition) is 0. The van der Waals surface area contributed by atoms with Gasteiger partial charge in [-0.2, -0.15) is 5.26 Å². The Morgan fingerprint density at radius 1 is 1.76 bits per heavy atom. The number of hydrogen-bond acceptors (Lipinski definition) is 4. The Morgan fingerprint density at radius 3 is 3.18 bits per heavy atom. The molecular weight excluding hydrogens is 218 g/mol. The summed E-state index contributed by atoms with van der Waals surface area (Å²) in [5.41, 5.74) is 0.898. The second kappa shape index (κ2) is 7.39. The molecule has 4 heteroatoms. The Hall–Kier alpha value is -1.89. The molecule has 1 aliphatic rings. The molecule has 0 aromatic carbocycles. The van der Waals surface area contributed by atoms with Gasteiger partial charge in [-0.05, 0) is 12.5 Å². The van der Waals surface area contributed by atoms with Gasteiger partial charge >= 0.3 is 0 Å². The maximum absolute atomic E-state index is 8.51. The summed E-state index contributed by atoms with van der Waals surface area (Å²) in [7, 11) is 0. The van der Waals surface area contributed by atoms with E-state index in [2.05, 4.69) is 13.5 Å². The lowest BCUT2D eigenvalue weighted by Crippen LogP contribution is -2.09. The van der Waals surface area contributed by atoms with Crippen molar-refractivity contribution < 1.29 is 14.2 Å². The minimum Gasteiger partial charge on any atom is -0.461 e. The van der Waals surface area contributed by atoms with Gasteiger partial charge in [-0.25, -0.2) is 0 Å². The summed E-state index contributed by atoms with van der Waals surface area (Å²) < 4.78 is 15.0. The Labute approximate surface area is 102 Å². The fourth-order valence-electron chi connectivity index (χ4n) is 1.50. The van der Waals surface area contributed by atoms with E-state index in [1.165, 1.54) is 0 Å². The summed E-state index contributed by atoms with van der Waals surface area (Å²) in [6.45, 7) is 6.24. The molecule has 0 saturated carbocycles. The van der Waals surface area contributed by atoms with Crippen molar-refractivity contribution in [3.05, 3.63) is 36.3 Å². The van der Waals surface area contributed by atoms with Gasteiger partial charge in [0, 0.05) is 6.42 Å². The highest BCUT2D eigenvalue weighted by molar-refractivity contribution is 5.23. The Morgan fingerprint density at radius 2 is 2.59 bits per heavy atom. The minimum absolute atomic E-state index is 0.0862. The van der Waals surface area contributed by atoms with Gasteiger partial charge in [0.1, 0.15) is 12.4 Å². The predicted molar refractivity (Wildman–Crippen MR) is 63.4 cm³/mol. The largest absolute Gasteiger partial charge is 0.461 e. The molecule has 0 saturated heterocycles. The van der Waals surface area contributed by atoms with Crippen LogP contribution >= 0.6 is 0 Å². The summed E-state index contributed by atoms with van der Waals surface area (Å²) in [4.78, 5) is 0. The van der Waals surface area contributed by atoms with Crippen LogP contribution in [0.15, 0.2) is 36.3 Å². The molecule has 0 aromatic heterocycles. The zero-order valence-corrected chi connectivity index (χ0v) is 10.0. The lowest BCUT2D eigenvalue weighted by atomic mass is 10.1. The van der Waals surface area contributed by atoms with Crippen LogP contribution in [0.4, 0.5) is 0 Å². The van der Waals surface area contributed by atoms with E-state index in [4.69, 9.17) is 19.5 Å². The van der Waals surface area contributed by atoms with Crippen molar-refractivity contribution in [2.24, 2.45) is 0 Å². The smallest absolute Gasteiger partial charge is 0.286 e. The highest BCUT2D eigenvalue weighted by Crippen LogP contribution is 2.15.